The van der Waals surface area contributed by atoms with Crippen molar-refractivity contribution in [1.82, 2.24) is 10.2 Å². The number of aliphatic hydroxyl groups excluding tert-OH is 2. The second-order valence-electron chi connectivity index (χ2n) is 7.89. The lowest BCUT2D eigenvalue weighted by Crippen LogP contribution is -2.45. The lowest BCUT2D eigenvalue weighted by Gasteiger charge is -2.33. The largest absolute Gasteiger partial charge is 0.512 e. The number of hydrogen-bond acceptors (Lipinski definition) is 7. The number of hydrogen-bond donors (Lipinski definition) is 3. The predicted molar refractivity (Wildman–Crippen MR) is 107 cm³/mol. The SMILES string of the molecule is COc1ccc(CN2CCC(O)=C(C(=O)NCCC(=O)OC(C)(C)C)C2O)cc1. The maximum absolute atomic E-state index is 12.5. The fourth-order valence-corrected chi connectivity index (χ4v) is 2.98. The molecule has 1 atom stereocenters. The third kappa shape index (κ3) is 6.76. The molecule has 0 spiro atoms. The first-order valence-electron chi connectivity index (χ1n) is 9.58. The third-order valence-electron chi connectivity index (χ3n) is 4.37. The van der Waals surface area contributed by atoms with Crippen LogP contribution in [0.25, 0.3) is 0 Å². The number of aliphatic hydroxyl groups is 2. The van der Waals surface area contributed by atoms with E-state index in [-0.39, 0.29) is 30.7 Å². The molecule has 8 nitrogen and oxygen atoms in total. The molecule has 1 aliphatic heterocycles. The highest BCUT2D eigenvalue weighted by atomic mass is 16.6. The molecule has 0 saturated carbocycles. The molecule has 0 aliphatic carbocycles. The van der Waals surface area contributed by atoms with Crippen molar-refractivity contribution in [3.63, 3.8) is 0 Å². The van der Waals surface area contributed by atoms with E-state index in [1.165, 1.54) is 0 Å². The van der Waals surface area contributed by atoms with Gasteiger partial charge in [0.25, 0.3) is 5.91 Å². The summed E-state index contributed by atoms with van der Waals surface area (Å²) in [5, 5.41) is 23.3. The van der Waals surface area contributed by atoms with Crippen LogP contribution in [0, 0.1) is 0 Å². The molecular weight excluding hydrogens is 376 g/mol. The van der Waals surface area contributed by atoms with Crippen LogP contribution < -0.4 is 10.1 Å². The van der Waals surface area contributed by atoms with Crippen LogP contribution in [0.1, 0.15) is 39.2 Å². The topological polar surface area (TPSA) is 108 Å². The van der Waals surface area contributed by atoms with Gasteiger partial charge in [-0.1, -0.05) is 12.1 Å². The van der Waals surface area contributed by atoms with Crippen molar-refractivity contribution in [2.24, 2.45) is 0 Å². The minimum atomic E-state index is -1.24. The van der Waals surface area contributed by atoms with Gasteiger partial charge >= 0.3 is 5.97 Å². The second kappa shape index (κ2) is 9.76. The molecular formula is C21H30N2O6. The van der Waals surface area contributed by atoms with E-state index < -0.39 is 23.7 Å². The molecule has 29 heavy (non-hydrogen) atoms. The Morgan fingerprint density at radius 2 is 1.90 bits per heavy atom. The van der Waals surface area contributed by atoms with Crippen LogP contribution in [-0.2, 0) is 20.9 Å². The van der Waals surface area contributed by atoms with Gasteiger partial charge in [0.15, 0.2) is 0 Å². The molecule has 3 N–H and O–H groups in total. The summed E-state index contributed by atoms with van der Waals surface area (Å²) < 4.78 is 10.3. The summed E-state index contributed by atoms with van der Waals surface area (Å²) in [5.74, 6) is -0.437. The van der Waals surface area contributed by atoms with E-state index in [0.717, 1.165) is 11.3 Å². The molecule has 1 aromatic rings. The number of carbonyl (C=O) groups excluding carboxylic acids is 2. The van der Waals surface area contributed by atoms with E-state index in [2.05, 4.69) is 5.32 Å². The molecule has 0 fully saturated rings. The Bertz CT molecular complexity index is 751. The van der Waals surface area contributed by atoms with Gasteiger partial charge in [0.05, 0.1) is 19.1 Å². The van der Waals surface area contributed by atoms with E-state index in [1.807, 2.05) is 24.3 Å². The quantitative estimate of drug-likeness (QED) is 0.593. The highest BCUT2D eigenvalue weighted by Gasteiger charge is 2.32. The van der Waals surface area contributed by atoms with Gasteiger partial charge in [-0.2, -0.15) is 0 Å². The van der Waals surface area contributed by atoms with Gasteiger partial charge in [-0.25, -0.2) is 0 Å². The number of carbonyl (C=O) groups is 2. The molecule has 8 heteroatoms. The van der Waals surface area contributed by atoms with E-state index in [9.17, 15) is 19.8 Å². The molecule has 160 valence electrons. The molecule has 1 heterocycles. The monoisotopic (exact) mass is 406 g/mol. The Morgan fingerprint density at radius 3 is 2.48 bits per heavy atom. The van der Waals surface area contributed by atoms with Crippen LogP contribution in [0.15, 0.2) is 35.6 Å². The Hall–Kier alpha value is -2.58. The van der Waals surface area contributed by atoms with Crippen LogP contribution in [0.4, 0.5) is 0 Å². The number of nitrogens with one attached hydrogen (secondary N) is 1. The normalized spacial score (nSPS) is 17.8. The average molecular weight is 406 g/mol. The van der Waals surface area contributed by atoms with Gasteiger partial charge in [-0.05, 0) is 38.5 Å². The van der Waals surface area contributed by atoms with Gasteiger partial charge in [-0.3, -0.25) is 14.5 Å². The van der Waals surface area contributed by atoms with Crippen molar-refractivity contribution in [3.05, 3.63) is 41.2 Å². The maximum Gasteiger partial charge on any atom is 0.308 e. The summed E-state index contributed by atoms with van der Waals surface area (Å²) in [4.78, 5) is 25.9. The minimum Gasteiger partial charge on any atom is -0.512 e. The summed E-state index contributed by atoms with van der Waals surface area (Å²) in [6.45, 7) is 6.17. The number of benzene rings is 1. The fourth-order valence-electron chi connectivity index (χ4n) is 2.98. The fraction of sp³-hybridized carbons (Fsp3) is 0.524. The van der Waals surface area contributed by atoms with Gasteiger partial charge in [0.1, 0.15) is 23.3 Å². The van der Waals surface area contributed by atoms with Crippen LogP contribution in [0.2, 0.25) is 0 Å². The Kier molecular flexibility index (Phi) is 7.64. The summed E-state index contributed by atoms with van der Waals surface area (Å²) in [7, 11) is 1.59. The maximum atomic E-state index is 12.5. The second-order valence-corrected chi connectivity index (χ2v) is 7.89. The van der Waals surface area contributed by atoms with Crippen LogP contribution in [0.3, 0.4) is 0 Å². The van der Waals surface area contributed by atoms with E-state index in [1.54, 1.807) is 32.8 Å². The zero-order valence-corrected chi connectivity index (χ0v) is 17.4. The number of nitrogens with zero attached hydrogens (tertiary/aromatic N) is 1. The zero-order valence-electron chi connectivity index (χ0n) is 17.4. The van der Waals surface area contributed by atoms with Crippen molar-refractivity contribution in [2.45, 2.75) is 52.0 Å². The first-order valence-corrected chi connectivity index (χ1v) is 9.58. The van der Waals surface area contributed by atoms with Crippen molar-refractivity contribution in [3.8, 4) is 5.75 Å². The van der Waals surface area contributed by atoms with Crippen molar-refractivity contribution < 1.29 is 29.3 Å². The molecule has 1 unspecified atom stereocenters. The van der Waals surface area contributed by atoms with Gasteiger partial charge < -0.3 is 25.0 Å². The zero-order chi connectivity index (χ0) is 21.6. The third-order valence-corrected chi connectivity index (χ3v) is 4.37. The van der Waals surface area contributed by atoms with Gasteiger partial charge in [0, 0.05) is 26.1 Å². The van der Waals surface area contributed by atoms with Crippen LogP contribution >= 0.6 is 0 Å². The first-order chi connectivity index (χ1) is 13.6. The van der Waals surface area contributed by atoms with Gasteiger partial charge in [-0.15, -0.1) is 0 Å². The highest BCUT2D eigenvalue weighted by Crippen LogP contribution is 2.24. The first kappa shape index (κ1) is 22.7. The molecule has 1 aliphatic rings. The Labute approximate surface area is 171 Å². The lowest BCUT2D eigenvalue weighted by atomic mass is 10.0. The molecule has 2 rings (SSSR count). The number of esters is 1. The van der Waals surface area contributed by atoms with E-state index in [4.69, 9.17) is 9.47 Å². The molecule has 1 aromatic carbocycles. The van der Waals surface area contributed by atoms with Crippen molar-refractivity contribution in [2.75, 3.05) is 20.2 Å². The smallest absolute Gasteiger partial charge is 0.308 e. The van der Waals surface area contributed by atoms with Gasteiger partial charge in [0.2, 0.25) is 0 Å². The number of amides is 1. The molecule has 0 aromatic heterocycles. The van der Waals surface area contributed by atoms with E-state index >= 15 is 0 Å². The lowest BCUT2D eigenvalue weighted by molar-refractivity contribution is -0.154. The summed E-state index contributed by atoms with van der Waals surface area (Å²) in [6, 6.07) is 7.40. The molecule has 1 amide bonds. The van der Waals surface area contributed by atoms with Crippen LogP contribution in [0.5, 0.6) is 5.75 Å². The summed E-state index contributed by atoms with van der Waals surface area (Å²) >= 11 is 0. The van der Waals surface area contributed by atoms with Crippen molar-refractivity contribution >= 4 is 11.9 Å². The Balaban J connectivity index is 1.94. The van der Waals surface area contributed by atoms with Crippen molar-refractivity contribution in [1.29, 1.82) is 0 Å². The minimum absolute atomic E-state index is 0.00269. The number of ether oxygens (including phenoxy) is 2. The average Bonchev–Trinajstić information content (AvgIpc) is 2.63. The molecule has 0 saturated heterocycles. The van der Waals surface area contributed by atoms with E-state index in [0.29, 0.717) is 13.1 Å². The highest BCUT2D eigenvalue weighted by molar-refractivity contribution is 5.95. The van der Waals surface area contributed by atoms with Crippen LogP contribution in [-0.4, -0.2) is 59.0 Å². The Morgan fingerprint density at radius 1 is 1.24 bits per heavy atom. The summed E-state index contributed by atoms with van der Waals surface area (Å²) in [5.41, 5.74) is 0.258. The summed E-state index contributed by atoms with van der Waals surface area (Å²) in [6.07, 6.45) is -0.988. The number of methoxy groups -OCH3 is 1. The standard InChI is InChI=1S/C21H30N2O6/c1-21(2,3)29-17(25)9-11-22-19(26)18-16(24)10-12-23(20(18)27)13-14-5-7-15(28-4)8-6-14/h5-8,20,24,27H,9-13H2,1-4H3,(H,22,26). The number of rotatable bonds is 7. The predicted octanol–water partition coefficient (Wildman–Crippen LogP) is 1.88. The molecule has 0 radical (unpaired) electrons. The molecule has 0 bridgehead atoms.